The lowest BCUT2D eigenvalue weighted by molar-refractivity contribution is -0.142. The zero-order chi connectivity index (χ0) is 10.1. The van der Waals surface area contributed by atoms with Gasteiger partial charge in [0.1, 0.15) is 0 Å². The van der Waals surface area contributed by atoms with Gasteiger partial charge in [-0.15, -0.1) is 0 Å². The highest BCUT2D eigenvalue weighted by Crippen LogP contribution is 2.48. The Balaban J connectivity index is 2.09. The molecule has 0 unspecified atom stereocenters. The molecule has 0 amide bonds. The molecular weight excluding hydrogens is 244 g/mol. The molecule has 0 bridgehead atoms. The van der Waals surface area contributed by atoms with Gasteiger partial charge < -0.3 is 4.74 Å². The van der Waals surface area contributed by atoms with E-state index in [-0.39, 0.29) is 11.9 Å². The van der Waals surface area contributed by atoms with E-state index in [1.807, 2.05) is 12.1 Å². The second-order valence-corrected chi connectivity index (χ2v) is 4.44. The Labute approximate surface area is 91.4 Å². The van der Waals surface area contributed by atoms with Crippen LogP contribution in [0, 0.1) is 5.92 Å². The second kappa shape index (κ2) is 3.73. The number of carbonyl (C=O) groups excluding carboxylic acids is 1. The number of methoxy groups -OCH3 is 1. The summed E-state index contributed by atoms with van der Waals surface area (Å²) < 4.78 is 5.77. The molecule has 0 N–H and O–H groups in total. The molecule has 0 spiro atoms. The summed E-state index contributed by atoms with van der Waals surface area (Å²) in [7, 11) is 1.44. The molecule has 0 heterocycles. The highest BCUT2D eigenvalue weighted by molar-refractivity contribution is 9.10. The van der Waals surface area contributed by atoms with Gasteiger partial charge in [0.05, 0.1) is 13.0 Å². The molecule has 1 fully saturated rings. The fraction of sp³-hybridized carbons (Fsp3) is 0.364. The van der Waals surface area contributed by atoms with Crippen LogP contribution in [0.5, 0.6) is 0 Å². The van der Waals surface area contributed by atoms with Crippen molar-refractivity contribution in [3.63, 3.8) is 0 Å². The first-order valence-electron chi connectivity index (χ1n) is 4.55. The summed E-state index contributed by atoms with van der Waals surface area (Å²) in [5, 5.41) is 0. The van der Waals surface area contributed by atoms with Crippen LogP contribution in [0.3, 0.4) is 0 Å². The quantitative estimate of drug-likeness (QED) is 0.759. The second-order valence-electron chi connectivity index (χ2n) is 3.53. The molecule has 0 aliphatic heterocycles. The molecule has 2 rings (SSSR count). The molecule has 74 valence electrons. The third-order valence-electron chi connectivity index (χ3n) is 2.57. The van der Waals surface area contributed by atoms with Crippen LogP contribution in [-0.2, 0) is 9.53 Å². The third kappa shape index (κ3) is 1.82. The van der Waals surface area contributed by atoms with Gasteiger partial charge in [-0.25, -0.2) is 0 Å². The summed E-state index contributed by atoms with van der Waals surface area (Å²) in [5.74, 6) is 0.351. The van der Waals surface area contributed by atoms with E-state index < -0.39 is 0 Å². The lowest BCUT2D eigenvalue weighted by atomic mass is 10.1. The number of hydrogen-bond donors (Lipinski definition) is 0. The Kier molecular flexibility index (Phi) is 2.59. The predicted molar refractivity (Wildman–Crippen MR) is 57.0 cm³/mol. The van der Waals surface area contributed by atoms with Crippen molar-refractivity contribution < 1.29 is 9.53 Å². The van der Waals surface area contributed by atoms with Gasteiger partial charge in [0.15, 0.2) is 0 Å². The number of rotatable bonds is 2. The van der Waals surface area contributed by atoms with Crippen molar-refractivity contribution in [2.45, 2.75) is 12.3 Å². The minimum Gasteiger partial charge on any atom is -0.469 e. The van der Waals surface area contributed by atoms with Gasteiger partial charge in [-0.3, -0.25) is 4.79 Å². The van der Waals surface area contributed by atoms with Gasteiger partial charge >= 0.3 is 5.97 Å². The van der Waals surface area contributed by atoms with Crippen LogP contribution in [0.4, 0.5) is 0 Å². The van der Waals surface area contributed by atoms with Crippen LogP contribution in [-0.4, -0.2) is 13.1 Å². The molecular formula is C11H11BrO2. The zero-order valence-electron chi connectivity index (χ0n) is 7.87. The largest absolute Gasteiger partial charge is 0.469 e. The average Bonchev–Trinajstić information content (AvgIpc) is 2.96. The van der Waals surface area contributed by atoms with Crippen molar-refractivity contribution >= 4 is 21.9 Å². The van der Waals surface area contributed by atoms with Crippen molar-refractivity contribution in [3.05, 3.63) is 34.3 Å². The van der Waals surface area contributed by atoms with Crippen molar-refractivity contribution in [2.24, 2.45) is 5.92 Å². The summed E-state index contributed by atoms with van der Waals surface area (Å²) in [4.78, 5) is 11.2. The van der Waals surface area contributed by atoms with Crippen molar-refractivity contribution in [2.75, 3.05) is 7.11 Å². The van der Waals surface area contributed by atoms with E-state index in [4.69, 9.17) is 4.74 Å². The highest BCUT2D eigenvalue weighted by atomic mass is 79.9. The van der Waals surface area contributed by atoms with Crippen LogP contribution in [0.15, 0.2) is 28.7 Å². The molecule has 1 aliphatic rings. The molecule has 1 aromatic carbocycles. The fourth-order valence-corrected chi connectivity index (χ4v) is 2.13. The van der Waals surface area contributed by atoms with E-state index in [0.717, 1.165) is 10.9 Å². The van der Waals surface area contributed by atoms with E-state index in [1.54, 1.807) is 0 Å². The predicted octanol–water partition coefficient (Wildman–Crippen LogP) is 2.73. The summed E-state index contributed by atoms with van der Waals surface area (Å²) in [6.07, 6.45) is 0.920. The molecule has 1 aliphatic carbocycles. The maximum absolute atomic E-state index is 11.2. The van der Waals surface area contributed by atoms with Crippen LogP contribution in [0.2, 0.25) is 0 Å². The first kappa shape index (κ1) is 9.71. The average molecular weight is 255 g/mol. The van der Waals surface area contributed by atoms with Gasteiger partial charge in [-0.1, -0.05) is 28.1 Å². The smallest absolute Gasteiger partial charge is 0.309 e. The maximum Gasteiger partial charge on any atom is 0.309 e. The number of ether oxygens (including phenoxy) is 1. The van der Waals surface area contributed by atoms with Gasteiger partial charge in [0.25, 0.3) is 0 Å². The molecule has 3 heteroatoms. The van der Waals surface area contributed by atoms with E-state index in [9.17, 15) is 4.79 Å². The van der Waals surface area contributed by atoms with Gasteiger partial charge in [-0.2, -0.15) is 0 Å². The van der Waals surface area contributed by atoms with E-state index in [2.05, 4.69) is 28.1 Å². The molecule has 2 nitrogen and oxygen atoms in total. The minimum atomic E-state index is -0.0880. The van der Waals surface area contributed by atoms with E-state index in [0.29, 0.717) is 5.92 Å². The molecule has 14 heavy (non-hydrogen) atoms. The molecule has 1 aromatic rings. The SMILES string of the molecule is COC(=O)[C@@H]1C[C@H]1c1cccc(Br)c1. The summed E-state index contributed by atoms with van der Waals surface area (Å²) in [5.41, 5.74) is 1.22. The number of halogens is 1. The molecule has 2 atom stereocenters. The maximum atomic E-state index is 11.2. The van der Waals surface area contributed by atoms with Gasteiger partial charge in [0.2, 0.25) is 0 Å². The Morgan fingerprint density at radius 3 is 3.00 bits per heavy atom. The zero-order valence-corrected chi connectivity index (χ0v) is 9.45. The molecule has 0 aromatic heterocycles. The van der Waals surface area contributed by atoms with E-state index in [1.165, 1.54) is 12.7 Å². The van der Waals surface area contributed by atoms with E-state index >= 15 is 0 Å². The number of carbonyl (C=O) groups is 1. The van der Waals surface area contributed by atoms with Crippen molar-refractivity contribution in [1.29, 1.82) is 0 Å². The van der Waals surface area contributed by atoms with Crippen molar-refractivity contribution in [1.82, 2.24) is 0 Å². The number of benzene rings is 1. The summed E-state index contributed by atoms with van der Waals surface area (Å²) >= 11 is 3.42. The van der Waals surface area contributed by atoms with Crippen LogP contribution < -0.4 is 0 Å². The molecule has 1 saturated carbocycles. The number of hydrogen-bond acceptors (Lipinski definition) is 2. The van der Waals surface area contributed by atoms with Crippen LogP contribution in [0.1, 0.15) is 17.9 Å². The topological polar surface area (TPSA) is 26.3 Å². The van der Waals surface area contributed by atoms with Crippen LogP contribution in [0.25, 0.3) is 0 Å². The normalized spacial score (nSPS) is 24.4. The Bertz CT molecular complexity index is 362. The highest BCUT2D eigenvalue weighted by Gasteiger charge is 2.44. The summed E-state index contributed by atoms with van der Waals surface area (Å²) in [6.45, 7) is 0. The summed E-state index contributed by atoms with van der Waals surface area (Å²) in [6, 6.07) is 8.09. The fourth-order valence-electron chi connectivity index (χ4n) is 1.71. The Morgan fingerprint density at radius 1 is 1.57 bits per heavy atom. The van der Waals surface area contributed by atoms with Gasteiger partial charge in [0, 0.05) is 4.47 Å². The lowest BCUT2D eigenvalue weighted by Gasteiger charge is -2.00. The molecule has 0 saturated heterocycles. The monoisotopic (exact) mass is 254 g/mol. The first-order valence-corrected chi connectivity index (χ1v) is 5.35. The van der Waals surface area contributed by atoms with Gasteiger partial charge in [-0.05, 0) is 30.0 Å². The van der Waals surface area contributed by atoms with Crippen molar-refractivity contribution in [3.8, 4) is 0 Å². The lowest BCUT2D eigenvalue weighted by Crippen LogP contribution is -2.03. The number of esters is 1. The first-order chi connectivity index (χ1) is 6.72. The molecule has 0 radical (unpaired) electrons. The third-order valence-corrected chi connectivity index (χ3v) is 3.06. The van der Waals surface area contributed by atoms with Crippen LogP contribution >= 0.6 is 15.9 Å². The Morgan fingerprint density at radius 2 is 2.36 bits per heavy atom. The minimum absolute atomic E-state index is 0.0781. The Hall–Kier alpha value is -0.830. The standard InChI is InChI=1S/C11H11BrO2/c1-14-11(13)10-6-9(10)7-3-2-4-8(12)5-7/h2-5,9-10H,6H2,1H3/t9-,10+/m0/s1.